The molecule has 43 heavy (non-hydrogen) atoms. The van der Waals surface area contributed by atoms with Gasteiger partial charge in [-0.3, -0.25) is 14.6 Å². The maximum absolute atomic E-state index is 13.1. The lowest BCUT2D eigenvalue weighted by atomic mass is 9.95. The molecule has 1 aliphatic rings. The van der Waals surface area contributed by atoms with E-state index in [0.29, 0.717) is 55.3 Å². The molecule has 5 N–H and O–H groups in total. The number of fused-ring (bicyclic) bond motifs is 2. The summed E-state index contributed by atoms with van der Waals surface area (Å²) in [6, 6.07) is 17.7. The van der Waals surface area contributed by atoms with Gasteiger partial charge in [-0.15, -0.1) is 0 Å². The maximum atomic E-state index is 13.1. The maximum Gasteiger partial charge on any atom is 0.237 e. The number of carbonyl (C=O) groups excluding carboxylic acids is 2. The van der Waals surface area contributed by atoms with E-state index in [1.54, 1.807) is 6.20 Å². The Balaban J connectivity index is 1.44. The number of nitrogens with one attached hydrogen (secondary N) is 3. The molecule has 0 radical (unpaired) electrons. The van der Waals surface area contributed by atoms with Crippen molar-refractivity contribution in [1.29, 1.82) is 0 Å². The molecule has 0 bridgehead atoms. The minimum absolute atomic E-state index is 0.0210. The van der Waals surface area contributed by atoms with E-state index in [-0.39, 0.29) is 18.4 Å². The van der Waals surface area contributed by atoms with Gasteiger partial charge in [0.1, 0.15) is 0 Å². The third kappa shape index (κ3) is 6.73. The molecule has 9 nitrogen and oxygen atoms in total. The summed E-state index contributed by atoms with van der Waals surface area (Å²) in [7, 11) is 0. The molecule has 0 aliphatic carbocycles. The number of nitrogens with zero attached hydrogens (tertiary/aromatic N) is 1. The fraction of sp³-hybridized carbons (Fsp3) is 0.324. The summed E-state index contributed by atoms with van der Waals surface area (Å²) in [6.07, 6.45) is 3.10. The first-order valence-electron chi connectivity index (χ1n) is 14.9. The van der Waals surface area contributed by atoms with Gasteiger partial charge >= 0.3 is 0 Å². The fourth-order valence-electron chi connectivity index (χ4n) is 5.66. The van der Waals surface area contributed by atoms with Gasteiger partial charge in [0.2, 0.25) is 11.8 Å². The molecule has 0 unspecified atom stereocenters. The number of amides is 2. The molecule has 1 aliphatic heterocycles. The van der Waals surface area contributed by atoms with E-state index in [1.165, 1.54) is 11.1 Å². The number of aromatic nitrogens is 1. The van der Waals surface area contributed by atoms with E-state index < -0.39 is 5.91 Å². The zero-order valence-corrected chi connectivity index (χ0v) is 25.0. The topological polar surface area (TPSA) is 128 Å². The molecule has 0 saturated carbocycles. The number of carbonyl (C=O) groups is 2. The highest BCUT2D eigenvalue weighted by atomic mass is 16.5. The van der Waals surface area contributed by atoms with E-state index in [4.69, 9.17) is 15.2 Å². The van der Waals surface area contributed by atoms with Crippen molar-refractivity contribution in [2.24, 2.45) is 5.73 Å². The number of anilines is 2. The van der Waals surface area contributed by atoms with Crippen LogP contribution in [0.2, 0.25) is 0 Å². The average molecular weight is 582 g/mol. The van der Waals surface area contributed by atoms with Crippen LogP contribution >= 0.6 is 0 Å². The Hall–Kier alpha value is -4.63. The summed E-state index contributed by atoms with van der Waals surface area (Å²) in [5.74, 6) is 0.739. The number of primary amides is 1. The van der Waals surface area contributed by atoms with Crippen molar-refractivity contribution in [2.75, 3.05) is 18.5 Å². The zero-order valence-electron chi connectivity index (χ0n) is 25.0. The molecule has 5 rings (SSSR count). The largest absolute Gasteiger partial charge is 0.490 e. The van der Waals surface area contributed by atoms with Crippen molar-refractivity contribution in [2.45, 2.75) is 59.2 Å². The lowest BCUT2D eigenvalue weighted by Gasteiger charge is -2.25. The number of hydrogen-bond acceptors (Lipinski definition) is 7. The smallest absolute Gasteiger partial charge is 0.237 e. The molecule has 3 aromatic carbocycles. The summed E-state index contributed by atoms with van der Waals surface area (Å²) in [6.45, 7) is 7.96. The predicted molar refractivity (Wildman–Crippen MR) is 169 cm³/mol. The summed E-state index contributed by atoms with van der Waals surface area (Å²) in [4.78, 5) is 29.8. The molecule has 2 heterocycles. The quantitative estimate of drug-likeness (QED) is 0.191. The second kappa shape index (κ2) is 13.6. The van der Waals surface area contributed by atoms with Crippen LogP contribution in [0.25, 0.3) is 10.9 Å². The van der Waals surface area contributed by atoms with Crippen molar-refractivity contribution in [1.82, 2.24) is 15.6 Å². The molecule has 0 spiro atoms. The van der Waals surface area contributed by atoms with Crippen LogP contribution in [0.3, 0.4) is 0 Å². The van der Waals surface area contributed by atoms with Gasteiger partial charge < -0.3 is 31.2 Å². The first-order chi connectivity index (χ1) is 20.9. The Kier molecular flexibility index (Phi) is 9.41. The number of nitrogens with two attached hydrogens (primary N) is 1. The van der Waals surface area contributed by atoms with E-state index in [2.05, 4.69) is 40.0 Å². The Morgan fingerprint density at radius 1 is 0.977 bits per heavy atom. The number of benzene rings is 3. The average Bonchev–Trinajstić information content (AvgIpc) is 3.01. The van der Waals surface area contributed by atoms with Crippen molar-refractivity contribution in [3.8, 4) is 11.5 Å². The van der Waals surface area contributed by atoms with E-state index in [0.717, 1.165) is 34.3 Å². The molecule has 2 amide bonds. The predicted octanol–water partition coefficient (Wildman–Crippen LogP) is 4.70. The van der Waals surface area contributed by atoms with Crippen LogP contribution in [-0.2, 0) is 41.9 Å². The minimum atomic E-state index is -0.453. The van der Waals surface area contributed by atoms with E-state index in [9.17, 15) is 9.59 Å². The monoisotopic (exact) mass is 581 g/mol. The normalized spacial score (nSPS) is 14.2. The van der Waals surface area contributed by atoms with Gasteiger partial charge in [0.25, 0.3) is 0 Å². The molecule has 1 atom stereocenters. The molecule has 9 heteroatoms. The first kappa shape index (κ1) is 29.8. The molecule has 224 valence electrons. The summed E-state index contributed by atoms with van der Waals surface area (Å²) >= 11 is 0. The van der Waals surface area contributed by atoms with Gasteiger partial charge in [-0.2, -0.15) is 0 Å². The third-order valence-corrected chi connectivity index (χ3v) is 7.71. The lowest BCUT2D eigenvalue weighted by Crippen LogP contribution is -2.47. The molecular weight excluding hydrogens is 542 g/mol. The number of pyridine rings is 1. The van der Waals surface area contributed by atoms with Gasteiger partial charge in [0, 0.05) is 42.0 Å². The van der Waals surface area contributed by atoms with E-state index in [1.807, 2.05) is 56.3 Å². The van der Waals surface area contributed by atoms with Crippen LogP contribution < -0.4 is 31.2 Å². The van der Waals surface area contributed by atoms with Gasteiger partial charge in [0.05, 0.1) is 36.9 Å². The molecule has 4 aromatic rings. The first-order valence-corrected chi connectivity index (χ1v) is 14.9. The van der Waals surface area contributed by atoms with Crippen LogP contribution in [0.1, 0.15) is 48.6 Å². The molecule has 0 fully saturated rings. The lowest BCUT2D eigenvalue weighted by molar-refractivity contribution is -0.123. The Bertz CT molecular complexity index is 1640. The van der Waals surface area contributed by atoms with Crippen LogP contribution in [-0.4, -0.2) is 36.1 Å². The van der Waals surface area contributed by atoms with Crippen molar-refractivity contribution in [3.63, 3.8) is 0 Å². The zero-order chi connectivity index (χ0) is 30.3. The SMILES string of the molecule is CCOc1cc2ncc(CC(N)=O)c(Nc3cccc(CNC(=O)[C@@H]4Cc5ccccc5CN4)c3CC)c2cc1OCC. The van der Waals surface area contributed by atoms with Crippen LogP contribution in [0.15, 0.2) is 60.8 Å². The van der Waals surface area contributed by atoms with Crippen molar-refractivity contribution < 1.29 is 19.1 Å². The van der Waals surface area contributed by atoms with Gasteiger partial charge in [-0.05, 0) is 61.1 Å². The second-order valence-corrected chi connectivity index (χ2v) is 10.5. The second-order valence-electron chi connectivity index (χ2n) is 10.5. The highest BCUT2D eigenvalue weighted by Gasteiger charge is 2.24. The van der Waals surface area contributed by atoms with Crippen molar-refractivity contribution in [3.05, 3.63) is 88.6 Å². The van der Waals surface area contributed by atoms with Gasteiger partial charge in [-0.25, -0.2) is 0 Å². The summed E-state index contributed by atoms with van der Waals surface area (Å²) in [5.41, 5.74) is 13.1. The Labute approximate surface area is 252 Å². The minimum Gasteiger partial charge on any atom is -0.490 e. The number of hydrogen-bond donors (Lipinski definition) is 4. The summed E-state index contributed by atoms with van der Waals surface area (Å²) < 4.78 is 11.7. The summed E-state index contributed by atoms with van der Waals surface area (Å²) in [5, 5.41) is 10.9. The Morgan fingerprint density at radius 3 is 2.44 bits per heavy atom. The third-order valence-electron chi connectivity index (χ3n) is 7.71. The fourth-order valence-corrected chi connectivity index (χ4v) is 5.66. The highest BCUT2D eigenvalue weighted by Crippen LogP contribution is 2.38. The van der Waals surface area contributed by atoms with Crippen LogP contribution in [0, 0.1) is 0 Å². The van der Waals surface area contributed by atoms with Gasteiger partial charge in [0.15, 0.2) is 11.5 Å². The van der Waals surface area contributed by atoms with Crippen LogP contribution in [0.4, 0.5) is 11.4 Å². The van der Waals surface area contributed by atoms with Crippen molar-refractivity contribution >= 4 is 34.1 Å². The number of ether oxygens (including phenoxy) is 2. The van der Waals surface area contributed by atoms with E-state index >= 15 is 0 Å². The molecule has 0 saturated heterocycles. The molecule has 1 aromatic heterocycles. The van der Waals surface area contributed by atoms with Crippen LogP contribution in [0.5, 0.6) is 11.5 Å². The number of rotatable bonds is 12. The molecular formula is C34H39N5O4. The Morgan fingerprint density at radius 2 is 1.72 bits per heavy atom. The van der Waals surface area contributed by atoms with Gasteiger partial charge in [-0.1, -0.05) is 43.3 Å². The highest BCUT2D eigenvalue weighted by molar-refractivity contribution is 5.98. The standard InChI is InChI=1S/C34H39N5O4/c1-4-25-23(19-38-34(41)29-14-21-10-7-8-11-22(21)18-37-29)12-9-13-27(25)39-33-24(15-32(35)40)20-36-28-17-31(43-6-3)30(42-5-2)16-26(28)33/h7-13,16-17,20,29,37H,4-6,14-15,18-19H2,1-3H3,(H2,35,40)(H,36,39)(H,38,41)/t29-/m0/s1.